The fourth-order valence-corrected chi connectivity index (χ4v) is 3.23. The summed E-state index contributed by atoms with van der Waals surface area (Å²) in [7, 11) is 0. The number of ether oxygens (including phenoxy) is 1. The number of hydrogen-bond acceptors (Lipinski definition) is 2. The van der Waals surface area contributed by atoms with Crippen molar-refractivity contribution in [3.8, 4) is 0 Å². The van der Waals surface area contributed by atoms with Crippen molar-refractivity contribution in [3.05, 3.63) is 34.9 Å². The molecule has 1 heterocycles. The van der Waals surface area contributed by atoms with Crippen molar-refractivity contribution in [3.63, 3.8) is 0 Å². The van der Waals surface area contributed by atoms with Gasteiger partial charge >= 0.3 is 0 Å². The smallest absolute Gasteiger partial charge is 0.0950 e. The Morgan fingerprint density at radius 1 is 1.17 bits per heavy atom. The Morgan fingerprint density at radius 2 is 1.94 bits per heavy atom. The molecule has 1 saturated heterocycles. The van der Waals surface area contributed by atoms with Gasteiger partial charge in [-0.25, -0.2) is 0 Å². The molecule has 2 heteroatoms. The Bertz CT molecular complexity index is 425. The van der Waals surface area contributed by atoms with Crippen LogP contribution in [-0.4, -0.2) is 18.7 Å². The van der Waals surface area contributed by atoms with E-state index < -0.39 is 0 Å². The molecular formula is C16H23NO. The van der Waals surface area contributed by atoms with Gasteiger partial charge in [-0.1, -0.05) is 31.0 Å². The van der Waals surface area contributed by atoms with Crippen LogP contribution in [0.4, 0.5) is 0 Å². The molecule has 1 aromatic carbocycles. The molecule has 0 bridgehead atoms. The van der Waals surface area contributed by atoms with E-state index in [0.717, 1.165) is 13.2 Å². The van der Waals surface area contributed by atoms with E-state index in [9.17, 15) is 0 Å². The second-order valence-corrected chi connectivity index (χ2v) is 6.01. The molecule has 0 aromatic heterocycles. The van der Waals surface area contributed by atoms with Crippen LogP contribution in [-0.2, 0) is 4.74 Å². The van der Waals surface area contributed by atoms with Crippen LogP contribution < -0.4 is 5.32 Å². The van der Waals surface area contributed by atoms with Crippen LogP contribution in [0.25, 0.3) is 0 Å². The third-order valence-electron chi connectivity index (χ3n) is 4.69. The predicted molar refractivity (Wildman–Crippen MR) is 73.8 cm³/mol. The average Bonchev–Trinajstić information content (AvgIpc) is 2.82. The van der Waals surface area contributed by atoms with E-state index >= 15 is 0 Å². The van der Waals surface area contributed by atoms with Crippen molar-refractivity contribution >= 4 is 0 Å². The first-order valence-electron chi connectivity index (χ1n) is 7.12. The lowest BCUT2D eigenvalue weighted by Gasteiger charge is -2.39. The van der Waals surface area contributed by atoms with Gasteiger partial charge in [0.2, 0.25) is 0 Å². The second kappa shape index (κ2) is 4.67. The summed E-state index contributed by atoms with van der Waals surface area (Å²) in [6.07, 6.45) is 5.50. The standard InChI is InChI=1S/C16H23NO/c1-12-5-6-14(9-13(12)2)15-10-17-16(11-18-15)7-3-4-8-16/h5-6,9,15,17H,3-4,7-8,10-11H2,1-2H3. The lowest BCUT2D eigenvalue weighted by atomic mass is 9.94. The molecule has 18 heavy (non-hydrogen) atoms. The van der Waals surface area contributed by atoms with Crippen molar-refractivity contribution in [2.75, 3.05) is 13.2 Å². The van der Waals surface area contributed by atoms with Gasteiger partial charge < -0.3 is 10.1 Å². The Labute approximate surface area is 110 Å². The molecule has 1 saturated carbocycles. The average molecular weight is 245 g/mol. The number of hydrogen-bond donors (Lipinski definition) is 1. The van der Waals surface area contributed by atoms with Gasteiger partial charge in [0, 0.05) is 12.1 Å². The van der Waals surface area contributed by atoms with E-state index in [1.807, 2.05) is 0 Å². The van der Waals surface area contributed by atoms with E-state index in [2.05, 4.69) is 37.4 Å². The number of morpholine rings is 1. The molecule has 0 amide bonds. The molecule has 2 aliphatic rings. The van der Waals surface area contributed by atoms with Crippen LogP contribution in [0.15, 0.2) is 18.2 Å². The van der Waals surface area contributed by atoms with Crippen molar-refractivity contribution < 1.29 is 4.74 Å². The summed E-state index contributed by atoms with van der Waals surface area (Å²) in [6.45, 7) is 6.17. The highest BCUT2D eigenvalue weighted by Crippen LogP contribution is 2.35. The lowest BCUT2D eigenvalue weighted by Crippen LogP contribution is -2.53. The minimum Gasteiger partial charge on any atom is -0.370 e. The zero-order valence-corrected chi connectivity index (χ0v) is 11.5. The van der Waals surface area contributed by atoms with E-state index in [1.165, 1.54) is 42.4 Å². The Morgan fingerprint density at radius 3 is 2.56 bits per heavy atom. The zero-order valence-electron chi connectivity index (χ0n) is 11.5. The van der Waals surface area contributed by atoms with Crippen LogP contribution in [0.1, 0.15) is 48.5 Å². The number of benzene rings is 1. The van der Waals surface area contributed by atoms with Crippen molar-refractivity contribution in [1.82, 2.24) is 5.32 Å². The Balaban J connectivity index is 1.70. The van der Waals surface area contributed by atoms with Crippen LogP contribution in [0.5, 0.6) is 0 Å². The summed E-state index contributed by atoms with van der Waals surface area (Å²) in [4.78, 5) is 0. The maximum atomic E-state index is 6.13. The molecule has 1 aliphatic carbocycles. The first-order valence-corrected chi connectivity index (χ1v) is 7.12. The predicted octanol–water partition coefficient (Wildman–Crippen LogP) is 3.28. The van der Waals surface area contributed by atoms with Gasteiger partial charge in [0.15, 0.2) is 0 Å². The monoisotopic (exact) mass is 245 g/mol. The maximum Gasteiger partial charge on any atom is 0.0950 e. The molecule has 1 N–H and O–H groups in total. The van der Waals surface area contributed by atoms with Crippen molar-refractivity contribution in [1.29, 1.82) is 0 Å². The lowest BCUT2D eigenvalue weighted by molar-refractivity contribution is -0.0326. The topological polar surface area (TPSA) is 21.3 Å². The van der Waals surface area contributed by atoms with E-state index in [4.69, 9.17) is 4.74 Å². The van der Waals surface area contributed by atoms with E-state index in [1.54, 1.807) is 0 Å². The first-order chi connectivity index (χ1) is 8.69. The minimum absolute atomic E-state index is 0.232. The quantitative estimate of drug-likeness (QED) is 0.820. The fraction of sp³-hybridized carbons (Fsp3) is 0.625. The SMILES string of the molecule is Cc1ccc(C2CNC3(CCCC3)CO2)cc1C. The molecule has 1 unspecified atom stereocenters. The molecule has 98 valence electrons. The van der Waals surface area contributed by atoms with E-state index in [0.29, 0.717) is 5.54 Å². The molecule has 1 spiro atoms. The van der Waals surface area contributed by atoms with Gasteiger partial charge in [-0.3, -0.25) is 0 Å². The highest BCUT2D eigenvalue weighted by atomic mass is 16.5. The number of rotatable bonds is 1. The van der Waals surface area contributed by atoms with Crippen LogP contribution in [0.2, 0.25) is 0 Å². The molecule has 1 aliphatic heterocycles. The molecular weight excluding hydrogens is 222 g/mol. The van der Waals surface area contributed by atoms with Crippen molar-refractivity contribution in [2.45, 2.75) is 51.2 Å². The maximum absolute atomic E-state index is 6.13. The van der Waals surface area contributed by atoms with Gasteiger partial charge in [0.25, 0.3) is 0 Å². The zero-order chi connectivity index (χ0) is 12.6. The normalized spacial score (nSPS) is 26.7. The van der Waals surface area contributed by atoms with Gasteiger partial charge in [0.1, 0.15) is 0 Å². The van der Waals surface area contributed by atoms with Gasteiger partial charge in [-0.2, -0.15) is 0 Å². The summed E-state index contributed by atoms with van der Waals surface area (Å²) in [5, 5.41) is 3.75. The van der Waals surface area contributed by atoms with Gasteiger partial charge in [0.05, 0.1) is 12.7 Å². The summed E-state index contributed by atoms with van der Waals surface area (Å²) in [5.41, 5.74) is 4.33. The van der Waals surface area contributed by atoms with Crippen molar-refractivity contribution in [2.24, 2.45) is 0 Å². The van der Waals surface area contributed by atoms with Crippen LogP contribution >= 0.6 is 0 Å². The molecule has 2 fully saturated rings. The highest BCUT2D eigenvalue weighted by Gasteiger charge is 2.38. The third-order valence-corrected chi connectivity index (χ3v) is 4.69. The molecule has 3 rings (SSSR count). The van der Waals surface area contributed by atoms with Crippen LogP contribution in [0.3, 0.4) is 0 Å². The fourth-order valence-electron chi connectivity index (χ4n) is 3.23. The Kier molecular flexibility index (Phi) is 3.16. The molecule has 1 atom stereocenters. The molecule has 1 aromatic rings. The number of aryl methyl sites for hydroxylation is 2. The van der Waals surface area contributed by atoms with E-state index in [-0.39, 0.29) is 6.10 Å². The molecule has 2 nitrogen and oxygen atoms in total. The minimum atomic E-state index is 0.232. The summed E-state index contributed by atoms with van der Waals surface area (Å²) < 4.78 is 6.13. The largest absolute Gasteiger partial charge is 0.370 e. The van der Waals surface area contributed by atoms with Gasteiger partial charge in [-0.15, -0.1) is 0 Å². The summed E-state index contributed by atoms with van der Waals surface area (Å²) >= 11 is 0. The van der Waals surface area contributed by atoms with Gasteiger partial charge in [-0.05, 0) is 43.4 Å². The van der Waals surface area contributed by atoms with Crippen LogP contribution in [0, 0.1) is 13.8 Å². The molecule has 0 radical (unpaired) electrons. The Hall–Kier alpha value is -0.860. The first kappa shape index (κ1) is 12.2. The second-order valence-electron chi connectivity index (χ2n) is 6.01. The third kappa shape index (κ3) is 2.19. The number of nitrogens with one attached hydrogen (secondary N) is 1. The summed E-state index contributed by atoms with van der Waals surface area (Å²) in [6, 6.07) is 6.68. The highest BCUT2D eigenvalue weighted by molar-refractivity contribution is 5.31. The summed E-state index contributed by atoms with van der Waals surface area (Å²) in [5.74, 6) is 0.